The zero-order chi connectivity index (χ0) is 15.8. The van der Waals surface area contributed by atoms with Crippen molar-refractivity contribution >= 4 is 15.9 Å². The zero-order valence-electron chi connectivity index (χ0n) is 13.1. The minimum Gasteiger partial charge on any atom is -0.328 e. The fraction of sp³-hybridized carbons (Fsp3) is 0.923. The van der Waals surface area contributed by atoms with Gasteiger partial charge in [-0.2, -0.15) is 8.42 Å². The van der Waals surface area contributed by atoms with Crippen molar-refractivity contribution in [3.8, 4) is 0 Å². The molecule has 0 fully saturated rings. The van der Waals surface area contributed by atoms with Gasteiger partial charge in [0.2, 0.25) is 0 Å². The van der Waals surface area contributed by atoms with Crippen molar-refractivity contribution in [1.82, 2.24) is 5.32 Å². The number of nitrogens with zero attached hydrogens (tertiary/aromatic N) is 1. The summed E-state index contributed by atoms with van der Waals surface area (Å²) in [4.78, 5) is 11.3. The van der Waals surface area contributed by atoms with Crippen molar-refractivity contribution in [2.24, 2.45) is 0 Å². The van der Waals surface area contributed by atoms with Crippen LogP contribution in [-0.2, 0) is 14.9 Å². The van der Waals surface area contributed by atoms with Crippen LogP contribution >= 0.6 is 0 Å². The first-order valence-electron chi connectivity index (χ1n) is 7.02. The van der Waals surface area contributed by atoms with Crippen LogP contribution in [0.1, 0.15) is 32.6 Å². The van der Waals surface area contributed by atoms with E-state index in [9.17, 15) is 13.2 Å². The molecule has 0 aromatic rings. The van der Waals surface area contributed by atoms with Crippen molar-refractivity contribution in [3.63, 3.8) is 0 Å². The molecule has 0 saturated carbocycles. The molecule has 0 bridgehead atoms. The Kier molecular flexibility index (Phi) is 8.50. The molecule has 0 aromatic heterocycles. The third-order valence-corrected chi connectivity index (χ3v) is 4.32. The Morgan fingerprint density at radius 2 is 1.75 bits per heavy atom. The fourth-order valence-electron chi connectivity index (χ4n) is 2.23. The monoisotopic (exact) mass is 309 g/mol. The third kappa shape index (κ3) is 10.3. The summed E-state index contributed by atoms with van der Waals surface area (Å²) < 4.78 is 30.7. The first kappa shape index (κ1) is 19.5. The number of Topliss-reactive ketones (excluding diaryl/α,β-unsaturated/α-hetero) is 1. The summed E-state index contributed by atoms with van der Waals surface area (Å²) in [5.74, 6) is -0.0182. The summed E-state index contributed by atoms with van der Waals surface area (Å²) in [5.41, 5.74) is 0. The summed E-state index contributed by atoms with van der Waals surface area (Å²) in [7, 11) is 2.03. The number of rotatable bonds is 11. The highest BCUT2D eigenvalue weighted by atomic mass is 32.2. The number of hydrogen-bond acceptors (Lipinski definition) is 4. The highest BCUT2D eigenvalue weighted by molar-refractivity contribution is 7.85. The Labute approximate surface area is 122 Å². The van der Waals surface area contributed by atoms with Gasteiger partial charge in [-0.05, 0) is 33.2 Å². The molecule has 0 aliphatic heterocycles. The Morgan fingerprint density at radius 1 is 1.20 bits per heavy atom. The van der Waals surface area contributed by atoms with Crippen LogP contribution < -0.4 is 5.32 Å². The maximum absolute atomic E-state index is 11.3. The van der Waals surface area contributed by atoms with E-state index in [1.807, 2.05) is 14.1 Å². The molecule has 0 spiro atoms. The van der Waals surface area contributed by atoms with E-state index in [0.29, 0.717) is 13.0 Å². The van der Waals surface area contributed by atoms with Gasteiger partial charge in [0.15, 0.2) is 0 Å². The number of ketones is 1. The third-order valence-electron chi connectivity index (χ3n) is 3.51. The van der Waals surface area contributed by atoms with Crippen LogP contribution in [0.2, 0.25) is 0 Å². The lowest BCUT2D eigenvalue weighted by atomic mass is 10.1. The Morgan fingerprint density at radius 3 is 2.20 bits per heavy atom. The van der Waals surface area contributed by atoms with Gasteiger partial charge in [-0.1, -0.05) is 0 Å². The van der Waals surface area contributed by atoms with Gasteiger partial charge in [-0.25, -0.2) is 0 Å². The van der Waals surface area contributed by atoms with Crippen LogP contribution in [0.25, 0.3) is 0 Å². The minimum absolute atomic E-state index is 0.0647. The number of quaternary nitrogens is 1. The van der Waals surface area contributed by atoms with Gasteiger partial charge in [0.05, 0.1) is 39.0 Å². The van der Waals surface area contributed by atoms with E-state index in [4.69, 9.17) is 4.55 Å². The number of unbranched alkanes of at least 4 members (excludes halogenated alkanes) is 1. The summed E-state index contributed by atoms with van der Waals surface area (Å²) in [5, 5.41) is 3.00. The molecule has 0 aliphatic carbocycles. The van der Waals surface area contributed by atoms with Gasteiger partial charge < -0.3 is 9.80 Å². The molecule has 20 heavy (non-hydrogen) atoms. The second kappa shape index (κ2) is 8.71. The Balaban J connectivity index is 3.90. The first-order valence-corrected chi connectivity index (χ1v) is 8.63. The summed E-state index contributed by atoms with van der Waals surface area (Å²) in [6.45, 7) is 3.23. The number of nitrogens with one attached hydrogen (secondary N) is 1. The van der Waals surface area contributed by atoms with Crippen molar-refractivity contribution < 1.29 is 22.2 Å². The van der Waals surface area contributed by atoms with Gasteiger partial charge in [0, 0.05) is 6.42 Å². The van der Waals surface area contributed by atoms with E-state index in [-0.39, 0.29) is 17.6 Å². The van der Waals surface area contributed by atoms with Crippen molar-refractivity contribution in [3.05, 3.63) is 0 Å². The second-order valence-corrected chi connectivity index (χ2v) is 7.54. The lowest BCUT2D eigenvalue weighted by Crippen LogP contribution is -2.42. The largest absolute Gasteiger partial charge is 0.328 e. The number of carbonyl (C=O) groups is 1. The van der Waals surface area contributed by atoms with E-state index in [0.717, 1.165) is 30.3 Å². The molecule has 1 atom stereocenters. The molecule has 0 aliphatic rings. The van der Waals surface area contributed by atoms with Gasteiger partial charge in [-0.3, -0.25) is 9.35 Å². The molecular formula is C13H29N2O4S+. The highest BCUT2D eigenvalue weighted by Gasteiger charge is 2.17. The van der Waals surface area contributed by atoms with E-state index in [1.165, 1.54) is 0 Å². The SMILES string of the molecule is CN[C@H](CCCC[N+](C)(C)CCCS(=O)(=O)O)C(C)=O. The van der Waals surface area contributed by atoms with E-state index >= 15 is 0 Å². The molecule has 7 heteroatoms. The molecule has 0 rings (SSSR count). The van der Waals surface area contributed by atoms with Crippen molar-refractivity contribution in [2.75, 3.05) is 40.0 Å². The van der Waals surface area contributed by atoms with Crippen LogP contribution in [0.3, 0.4) is 0 Å². The van der Waals surface area contributed by atoms with Crippen LogP contribution in [0, 0.1) is 0 Å². The van der Waals surface area contributed by atoms with Gasteiger partial charge in [0.25, 0.3) is 10.1 Å². The zero-order valence-corrected chi connectivity index (χ0v) is 13.9. The molecule has 0 aromatic carbocycles. The highest BCUT2D eigenvalue weighted by Crippen LogP contribution is 2.08. The van der Waals surface area contributed by atoms with E-state index in [1.54, 1.807) is 14.0 Å². The lowest BCUT2D eigenvalue weighted by molar-refractivity contribution is -0.890. The molecule has 6 nitrogen and oxygen atoms in total. The Bertz CT molecular complexity index is 393. The maximum Gasteiger partial charge on any atom is 0.265 e. The summed E-state index contributed by atoms with van der Waals surface area (Å²) in [6.07, 6.45) is 3.24. The van der Waals surface area contributed by atoms with Crippen LogP contribution in [0.15, 0.2) is 0 Å². The predicted octanol–water partition coefficient (Wildman–Crippen LogP) is 0.688. The van der Waals surface area contributed by atoms with Gasteiger partial charge in [-0.15, -0.1) is 0 Å². The molecule has 0 heterocycles. The van der Waals surface area contributed by atoms with E-state index < -0.39 is 10.1 Å². The van der Waals surface area contributed by atoms with Gasteiger partial charge in [0.1, 0.15) is 5.78 Å². The summed E-state index contributed by atoms with van der Waals surface area (Å²) >= 11 is 0. The van der Waals surface area contributed by atoms with Crippen molar-refractivity contribution in [2.45, 2.75) is 38.6 Å². The standard InChI is InChI=1S/C13H28N2O4S/c1-12(16)13(14-2)8-5-6-9-15(3,4)10-7-11-20(17,18)19/h13-14H,5-11H2,1-4H3/p+1/t13-/m1/s1. The topological polar surface area (TPSA) is 83.5 Å². The summed E-state index contributed by atoms with van der Waals surface area (Å²) in [6, 6.07) is -0.0647. The molecule has 120 valence electrons. The molecule has 0 unspecified atom stereocenters. The molecule has 0 radical (unpaired) electrons. The minimum atomic E-state index is -3.85. The molecular weight excluding hydrogens is 280 g/mol. The number of carbonyl (C=O) groups excluding carboxylic acids is 1. The number of hydrogen-bond donors (Lipinski definition) is 2. The van der Waals surface area contributed by atoms with Crippen molar-refractivity contribution in [1.29, 1.82) is 0 Å². The maximum atomic E-state index is 11.3. The molecule has 0 amide bonds. The molecule has 0 saturated heterocycles. The predicted molar refractivity (Wildman–Crippen MR) is 80.3 cm³/mol. The van der Waals surface area contributed by atoms with E-state index in [2.05, 4.69) is 5.32 Å². The average Bonchev–Trinajstić information content (AvgIpc) is 2.26. The van der Waals surface area contributed by atoms with Crippen LogP contribution in [-0.4, -0.2) is 69.3 Å². The second-order valence-electron chi connectivity index (χ2n) is 5.97. The first-order chi connectivity index (χ1) is 9.07. The fourth-order valence-corrected chi connectivity index (χ4v) is 2.72. The quantitative estimate of drug-likeness (QED) is 0.333. The smallest absolute Gasteiger partial charge is 0.265 e. The van der Waals surface area contributed by atoms with Crippen LogP contribution in [0.5, 0.6) is 0 Å². The number of likely N-dealkylation sites (N-methyl/N-ethyl adjacent to an activating group) is 1. The lowest BCUT2D eigenvalue weighted by Gasteiger charge is -2.30. The normalized spacial score (nSPS) is 14.2. The Hall–Kier alpha value is -0.500. The molecule has 2 N–H and O–H groups in total. The average molecular weight is 309 g/mol. The van der Waals surface area contributed by atoms with Gasteiger partial charge >= 0.3 is 0 Å². The van der Waals surface area contributed by atoms with Crippen LogP contribution in [0.4, 0.5) is 0 Å².